The van der Waals surface area contributed by atoms with Gasteiger partial charge in [0, 0.05) is 12.3 Å². The number of nitrogens with two attached hydrogens (primary N) is 1. The molecule has 0 amide bonds. The first-order chi connectivity index (χ1) is 7.66. The van der Waals surface area contributed by atoms with Gasteiger partial charge in [-0.05, 0) is 29.3 Å². The highest BCUT2D eigenvalue weighted by molar-refractivity contribution is 5.29. The minimum atomic E-state index is -0.646. The van der Waals surface area contributed by atoms with E-state index in [0.29, 0.717) is 11.1 Å². The Morgan fingerprint density at radius 3 is 2.25 bits per heavy atom. The summed E-state index contributed by atoms with van der Waals surface area (Å²) in [6.07, 6.45) is 2.94. The van der Waals surface area contributed by atoms with E-state index in [9.17, 15) is 8.78 Å². The molecule has 1 heterocycles. The lowest BCUT2D eigenvalue weighted by atomic mass is 10.0. The predicted octanol–water partition coefficient (Wildman–Crippen LogP) is 1.80. The number of rotatable bonds is 2. The third-order valence-corrected chi connectivity index (χ3v) is 2.21. The second-order valence-corrected chi connectivity index (χ2v) is 3.36. The zero-order valence-corrected chi connectivity index (χ0v) is 8.27. The van der Waals surface area contributed by atoms with Gasteiger partial charge in [-0.25, -0.2) is 8.78 Å². The predicted molar refractivity (Wildman–Crippen MR) is 54.4 cm³/mol. The maximum atomic E-state index is 13.0. The number of hydrogen-bond acceptors (Lipinski definition) is 3. The molecular weight excluding hydrogens is 212 g/mol. The summed E-state index contributed by atoms with van der Waals surface area (Å²) in [6.45, 7) is 0. The third-order valence-electron chi connectivity index (χ3n) is 2.21. The van der Waals surface area contributed by atoms with Gasteiger partial charge in [0.15, 0.2) is 0 Å². The largest absolute Gasteiger partial charge is 0.320 e. The Hall–Kier alpha value is -1.88. The van der Waals surface area contributed by atoms with Crippen molar-refractivity contribution in [2.75, 3.05) is 0 Å². The summed E-state index contributed by atoms with van der Waals surface area (Å²) >= 11 is 0. The van der Waals surface area contributed by atoms with E-state index in [1.54, 1.807) is 6.07 Å². The van der Waals surface area contributed by atoms with Crippen LogP contribution in [0.2, 0.25) is 0 Å². The third kappa shape index (κ3) is 2.20. The van der Waals surface area contributed by atoms with Crippen LogP contribution in [0.5, 0.6) is 0 Å². The first kappa shape index (κ1) is 10.6. The highest BCUT2D eigenvalue weighted by Gasteiger charge is 2.11. The molecule has 2 rings (SSSR count). The average Bonchev–Trinajstić information content (AvgIpc) is 2.28. The summed E-state index contributed by atoms with van der Waals surface area (Å²) in [7, 11) is 0. The number of benzene rings is 1. The Labute approximate surface area is 90.9 Å². The summed E-state index contributed by atoms with van der Waals surface area (Å²) < 4.78 is 26.0. The van der Waals surface area contributed by atoms with Crippen LogP contribution in [0.1, 0.15) is 17.2 Å². The fourth-order valence-electron chi connectivity index (χ4n) is 1.43. The molecule has 3 nitrogen and oxygen atoms in total. The molecule has 0 bridgehead atoms. The molecule has 1 atom stereocenters. The molecule has 1 aromatic heterocycles. The van der Waals surface area contributed by atoms with Crippen molar-refractivity contribution in [2.24, 2.45) is 5.73 Å². The highest BCUT2D eigenvalue weighted by atomic mass is 19.1. The second-order valence-electron chi connectivity index (χ2n) is 3.36. The maximum Gasteiger partial charge on any atom is 0.126 e. The summed E-state index contributed by atoms with van der Waals surface area (Å²) in [6, 6.07) is 4.25. The summed E-state index contributed by atoms with van der Waals surface area (Å²) in [5, 5.41) is 7.26. The number of hydrogen-bond donors (Lipinski definition) is 1. The number of halogens is 2. The van der Waals surface area contributed by atoms with Crippen molar-refractivity contribution in [3.63, 3.8) is 0 Å². The fourth-order valence-corrected chi connectivity index (χ4v) is 1.43. The molecule has 0 aliphatic carbocycles. The Morgan fingerprint density at radius 1 is 1.00 bits per heavy atom. The van der Waals surface area contributed by atoms with E-state index >= 15 is 0 Å². The van der Waals surface area contributed by atoms with Crippen LogP contribution < -0.4 is 5.73 Å². The van der Waals surface area contributed by atoms with Crippen molar-refractivity contribution in [1.29, 1.82) is 0 Å². The SMILES string of the molecule is NC(c1ccnnc1)c1cc(F)cc(F)c1. The summed E-state index contributed by atoms with van der Waals surface area (Å²) in [5.41, 5.74) is 6.87. The quantitative estimate of drug-likeness (QED) is 0.841. The lowest BCUT2D eigenvalue weighted by molar-refractivity contribution is 0.577. The molecule has 82 valence electrons. The monoisotopic (exact) mass is 221 g/mol. The van der Waals surface area contributed by atoms with Gasteiger partial charge in [0.05, 0.1) is 12.2 Å². The first-order valence-corrected chi connectivity index (χ1v) is 4.65. The van der Waals surface area contributed by atoms with Gasteiger partial charge in [-0.2, -0.15) is 10.2 Å². The Kier molecular flexibility index (Phi) is 2.87. The van der Waals surface area contributed by atoms with E-state index in [4.69, 9.17) is 5.73 Å². The number of aromatic nitrogens is 2. The van der Waals surface area contributed by atoms with Crippen molar-refractivity contribution in [1.82, 2.24) is 10.2 Å². The van der Waals surface area contributed by atoms with Crippen LogP contribution in [0.25, 0.3) is 0 Å². The fraction of sp³-hybridized carbons (Fsp3) is 0.0909. The van der Waals surface area contributed by atoms with Gasteiger partial charge in [-0.15, -0.1) is 0 Å². The van der Waals surface area contributed by atoms with Crippen LogP contribution in [0.15, 0.2) is 36.7 Å². The minimum absolute atomic E-state index is 0.366. The van der Waals surface area contributed by atoms with Gasteiger partial charge in [0.25, 0.3) is 0 Å². The van der Waals surface area contributed by atoms with Crippen LogP contribution in [0.3, 0.4) is 0 Å². The summed E-state index contributed by atoms with van der Waals surface area (Å²) in [5.74, 6) is -1.29. The van der Waals surface area contributed by atoms with E-state index in [2.05, 4.69) is 10.2 Å². The first-order valence-electron chi connectivity index (χ1n) is 4.65. The molecule has 0 fully saturated rings. The van der Waals surface area contributed by atoms with Crippen LogP contribution in [-0.4, -0.2) is 10.2 Å². The van der Waals surface area contributed by atoms with E-state index in [-0.39, 0.29) is 0 Å². The van der Waals surface area contributed by atoms with Crippen molar-refractivity contribution in [3.05, 3.63) is 59.4 Å². The molecule has 2 N–H and O–H groups in total. The molecule has 0 radical (unpaired) electrons. The smallest absolute Gasteiger partial charge is 0.126 e. The molecule has 2 aromatic rings. The van der Waals surface area contributed by atoms with Gasteiger partial charge < -0.3 is 5.73 Å². The van der Waals surface area contributed by atoms with Crippen molar-refractivity contribution in [2.45, 2.75) is 6.04 Å². The maximum absolute atomic E-state index is 13.0. The normalized spacial score (nSPS) is 12.4. The van der Waals surface area contributed by atoms with Gasteiger partial charge in [-0.1, -0.05) is 0 Å². The van der Waals surface area contributed by atoms with Crippen LogP contribution >= 0.6 is 0 Å². The average molecular weight is 221 g/mol. The van der Waals surface area contributed by atoms with Crippen LogP contribution in [-0.2, 0) is 0 Å². The molecule has 0 aliphatic rings. The Bertz CT molecular complexity index is 468. The lowest BCUT2D eigenvalue weighted by Crippen LogP contribution is -2.12. The molecular formula is C11H9F2N3. The molecule has 0 aliphatic heterocycles. The second kappa shape index (κ2) is 4.32. The zero-order chi connectivity index (χ0) is 11.5. The van der Waals surface area contributed by atoms with Gasteiger partial charge in [0.1, 0.15) is 11.6 Å². The molecule has 0 spiro atoms. The molecule has 16 heavy (non-hydrogen) atoms. The molecule has 0 saturated heterocycles. The van der Waals surface area contributed by atoms with Crippen molar-refractivity contribution >= 4 is 0 Å². The Balaban J connectivity index is 2.37. The Morgan fingerprint density at radius 2 is 1.69 bits per heavy atom. The van der Waals surface area contributed by atoms with E-state index in [0.717, 1.165) is 6.07 Å². The molecule has 1 unspecified atom stereocenters. The van der Waals surface area contributed by atoms with Gasteiger partial charge in [0.2, 0.25) is 0 Å². The zero-order valence-electron chi connectivity index (χ0n) is 8.27. The van der Waals surface area contributed by atoms with E-state index in [1.807, 2.05) is 0 Å². The topological polar surface area (TPSA) is 51.8 Å². The van der Waals surface area contributed by atoms with Crippen LogP contribution in [0, 0.1) is 11.6 Å². The van der Waals surface area contributed by atoms with Crippen molar-refractivity contribution in [3.8, 4) is 0 Å². The van der Waals surface area contributed by atoms with Crippen molar-refractivity contribution < 1.29 is 8.78 Å². The lowest BCUT2D eigenvalue weighted by Gasteiger charge is -2.11. The van der Waals surface area contributed by atoms with Crippen LogP contribution in [0.4, 0.5) is 8.78 Å². The molecule has 5 heteroatoms. The number of nitrogens with zero attached hydrogens (tertiary/aromatic N) is 2. The highest BCUT2D eigenvalue weighted by Crippen LogP contribution is 2.20. The van der Waals surface area contributed by atoms with Gasteiger partial charge in [-0.3, -0.25) is 0 Å². The van der Waals surface area contributed by atoms with Gasteiger partial charge >= 0.3 is 0 Å². The molecule has 1 aromatic carbocycles. The standard InChI is InChI=1S/C11H9F2N3/c12-9-3-8(4-10(13)5-9)11(14)7-1-2-15-16-6-7/h1-6,11H,14H2. The van der Waals surface area contributed by atoms with E-state index < -0.39 is 17.7 Å². The summed E-state index contributed by atoms with van der Waals surface area (Å²) in [4.78, 5) is 0. The minimum Gasteiger partial charge on any atom is -0.320 e. The van der Waals surface area contributed by atoms with E-state index in [1.165, 1.54) is 24.5 Å². The molecule has 0 saturated carbocycles.